The van der Waals surface area contributed by atoms with Crippen molar-refractivity contribution in [3.05, 3.63) is 96.6 Å². The summed E-state index contributed by atoms with van der Waals surface area (Å²) in [6.45, 7) is 2.16. The predicted molar refractivity (Wildman–Crippen MR) is 115 cm³/mol. The maximum Gasteiger partial charge on any atom is 0.0440 e. The van der Waals surface area contributed by atoms with Crippen LogP contribution >= 0.6 is 11.3 Å². The average Bonchev–Trinajstić information content (AvgIpc) is 3.07. The first-order valence-electron chi connectivity index (χ1n) is 8.88. The molecule has 5 rings (SSSR count). The summed E-state index contributed by atoms with van der Waals surface area (Å²) in [4.78, 5) is 0. The lowest BCUT2D eigenvalue weighted by molar-refractivity contribution is 1.47. The van der Waals surface area contributed by atoms with Gasteiger partial charge in [-0.15, -0.1) is 11.3 Å². The van der Waals surface area contributed by atoms with Gasteiger partial charge >= 0.3 is 0 Å². The van der Waals surface area contributed by atoms with Crippen LogP contribution in [0.1, 0.15) is 5.56 Å². The van der Waals surface area contributed by atoms with Crippen LogP contribution in [0, 0.1) is 6.92 Å². The highest BCUT2D eigenvalue weighted by atomic mass is 32.1. The highest BCUT2D eigenvalue weighted by molar-refractivity contribution is 7.26. The van der Waals surface area contributed by atoms with Gasteiger partial charge in [-0.3, -0.25) is 0 Å². The fourth-order valence-electron chi connectivity index (χ4n) is 3.73. The molecule has 0 saturated heterocycles. The molecule has 5 aromatic rings. The summed E-state index contributed by atoms with van der Waals surface area (Å²) >= 11 is 1.90. The van der Waals surface area contributed by atoms with Crippen molar-refractivity contribution in [2.24, 2.45) is 0 Å². The molecule has 4 aromatic carbocycles. The Kier molecular flexibility index (Phi) is 3.62. The molecule has 124 valence electrons. The SMILES string of the molecule is Cc1cccc(-c2ccc(-c3ccccc3)c3sc4ccccc4c23)c1. The maximum atomic E-state index is 2.29. The topological polar surface area (TPSA) is 0 Å². The van der Waals surface area contributed by atoms with Gasteiger partial charge < -0.3 is 0 Å². The molecule has 0 aliphatic carbocycles. The minimum atomic E-state index is 1.28. The van der Waals surface area contributed by atoms with Crippen LogP contribution in [0.15, 0.2) is 91.0 Å². The lowest BCUT2D eigenvalue weighted by Gasteiger charge is -2.10. The fraction of sp³-hybridized carbons (Fsp3) is 0.0400. The van der Waals surface area contributed by atoms with Crippen LogP contribution in [-0.2, 0) is 0 Å². The summed E-state index contributed by atoms with van der Waals surface area (Å²) in [6, 6.07) is 32.8. The van der Waals surface area contributed by atoms with E-state index >= 15 is 0 Å². The molecule has 0 amide bonds. The highest BCUT2D eigenvalue weighted by Crippen LogP contribution is 2.44. The van der Waals surface area contributed by atoms with Gasteiger partial charge in [0.1, 0.15) is 0 Å². The van der Waals surface area contributed by atoms with Crippen LogP contribution in [0.2, 0.25) is 0 Å². The molecule has 0 aliphatic heterocycles. The summed E-state index contributed by atoms with van der Waals surface area (Å²) < 4.78 is 2.72. The lowest BCUT2D eigenvalue weighted by atomic mass is 9.94. The molecular formula is C25H18S. The van der Waals surface area contributed by atoms with E-state index in [1.54, 1.807) is 0 Å². The van der Waals surface area contributed by atoms with Crippen LogP contribution in [-0.4, -0.2) is 0 Å². The fourth-order valence-corrected chi connectivity index (χ4v) is 4.99. The Hall–Kier alpha value is -2.90. The van der Waals surface area contributed by atoms with Crippen molar-refractivity contribution in [3.8, 4) is 22.3 Å². The van der Waals surface area contributed by atoms with E-state index < -0.39 is 0 Å². The van der Waals surface area contributed by atoms with E-state index in [4.69, 9.17) is 0 Å². The van der Waals surface area contributed by atoms with E-state index in [2.05, 4.69) is 97.9 Å². The molecule has 1 heteroatoms. The molecule has 0 nitrogen and oxygen atoms in total. The molecule has 1 aromatic heterocycles. The average molecular weight is 350 g/mol. The van der Waals surface area contributed by atoms with Gasteiger partial charge in [-0.1, -0.05) is 90.5 Å². The summed E-state index contributed by atoms with van der Waals surface area (Å²) in [5, 5.41) is 2.72. The molecule has 0 unspecified atom stereocenters. The molecular weight excluding hydrogens is 332 g/mol. The van der Waals surface area contributed by atoms with E-state index in [9.17, 15) is 0 Å². The summed E-state index contributed by atoms with van der Waals surface area (Å²) in [7, 11) is 0. The van der Waals surface area contributed by atoms with E-state index in [1.165, 1.54) is 48.0 Å². The van der Waals surface area contributed by atoms with Gasteiger partial charge in [-0.25, -0.2) is 0 Å². The summed E-state index contributed by atoms with van der Waals surface area (Å²) in [5.41, 5.74) is 6.50. The molecule has 0 bridgehead atoms. The summed E-state index contributed by atoms with van der Waals surface area (Å²) in [6.07, 6.45) is 0. The van der Waals surface area contributed by atoms with E-state index in [-0.39, 0.29) is 0 Å². The van der Waals surface area contributed by atoms with E-state index in [0.29, 0.717) is 0 Å². The molecule has 0 radical (unpaired) electrons. The van der Waals surface area contributed by atoms with Gasteiger partial charge in [-0.2, -0.15) is 0 Å². The second-order valence-corrected chi connectivity index (χ2v) is 7.75. The highest BCUT2D eigenvalue weighted by Gasteiger charge is 2.15. The predicted octanol–water partition coefficient (Wildman–Crippen LogP) is 7.70. The van der Waals surface area contributed by atoms with Crippen molar-refractivity contribution in [1.82, 2.24) is 0 Å². The minimum Gasteiger partial charge on any atom is -0.135 e. The number of fused-ring (bicyclic) bond motifs is 3. The smallest absolute Gasteiger partial charge is 0.0440 e. The Labute approximate surface area is 157 Å². The monoisotopic (exact) mass is 350 g/mol. The van der Waals surface area contributed by atoms with Crippen molar-refractivity contribution >= 4 is 31.5 Å². The number of aryl methyl sites for hydroxylation is 1. The van der Waals surface area contributed by atoms with Gasteiger partial charge in [0.25, 0.3) is 0 Å². The van der Waals surface area contributed by atoms with Crippen LogP contribution in [0.4, 0.5) is 0 Å². The maximum absolute atomic E-state index is 2.29. The minimum absolute atomic E-state index is 1.28. The largest absolute Gasteiger partial charge is 0.135 e. The molecule has 0 atom stereocenters. The third-order valence-electron chi connectivity index (χ3n) is 4.94. The Morgan fingerprint density at radius 3 is 2.19 bits per heavy atom. The van der Waals surface area contributed by atoms with Crippen molar-refractivity contribution < 1.29 is 0 Å². The van der Waals surface area contributed by atoms with Crippen molar-refractivity contribution in [2.75, 3.05) is 0 Å². The van der Waals surface area contributed by atoms with Gasteiger partial charge in [0, 0.05) is 20.2 Å². The second-order valence-electron chi connectivity index (χ2n) is 6.70. The molecule has 0 spiro atoms. The second kappa shape index (κ2) is 6.12. The number of rotatable bonds is 2. The third kappa shape index (κ3) is 2.44. The number of benzene rings is 4. The first-order valence-corrected chi connectivity index (χ1v) is 9.69. The molecule has 0 fully saturated rings. The lowest BCUT2D eigenvalue weighted by Crippen LogP contribution is -1.84. The van der Waals surface area contributed by atoms with E-state index in [1.807, 2.05) is 11.3 Å². The Morgan fingerprint density at radius 1 is 0.615 bits per heavy atom. The van der Waals surface area contributed by atoms with Gasteiger partial charge in [0.15, 0.2) is 0 Å². The van der Waals surface area contributed by atoms with Crippen molar-refractivity contribution in [3.63, 3.8) is 0 Å². The standard InChI is InChI=1S/C25H18S/c1-17-8-7-11-19(16-17)20-14-15-21(18-9-3-2-4-10-18)25-24(20)22-12-5-6-13-23(22)26-25/h2-16H,1H3. The first kappa shape index (κ1) is 15.4. The van der Waals surface area contributed by atoms with Gasteiger partial charge in [0.05, 0.1) is 0 Å². The molecule has 0 aliphatic rings. The Bertz CT molecular complexity index is 1230. The van der Waals surface area contributed by atoms with Crippen molar-refractivity contribution in [2.45, 2.75) is 6.92 Å². The summed E-state index contributed by atoms with van der Waals surface area (Å²) in [5.74, 6) is 0. The first-order chi connectivity index (χ1) is 12.8. The molecule has 26 heavy (non-hydrogen) atoms. The van der Waals surface area contributed by atoms with Crippen LogP contribution < -0.4 is 0 Å². The number of hydrogen-bond acceptors (Lipinski definition) is 1. The molecule has 0 saturated carbocycles. The van der Waals surface area contributed by atoms with E-state index in [0.717, 1.165) is 0 Å². The normalized spacial score (nSPS) is 11.3. The Balaban J connectivity index is 1.91. The molecule has 1 heterocycles. The zero-order valence-corrected chi connectivity index (χ0v) is 15.4. The zero-order valence-electron chi connectivity index (χ0n) is 14.6. The zero-order chi connectivity index (χ0) is 17.5. The number of thiophene rings is 1. The van der Waals surface area contributed by atoms with Crippen molar-refractivity contribution in [1.29, 1.82) is 0 Å². The molecule has 0 N–H and O–H groups in total. The number of hydrogen-bond donors (Lipinski definition) is 0. The van der Waals surface area contributed by atoms with Crippen LogP contribution in [0.3, 0.4) is 0 Å². The quantitative estimate of drug-likeness (QED) is 0.306. The third-order valence-corrected chi connectivity index (χ3v) is 6.14. The van der Waals surface area contributed by atoms with Crippen LogP contribution in [0.5, 0.6) is 0 Å². The Morgan fingerprint density at radius 2 is 1.35 bits per heavy atom. The van der Waals surface area contributed by atoms with Gasteiger partial charge in [-0.05, 0) is 35.2 Å². The van der Waals surface area contributed by atoms with Crippen LogP contribution in [0.25, 0.3) is 42.4 Å². The van der Waals surface area contributed by atoms with Gasteiger partial charge in [0.2, 0.25) is 0 Å².